The number of hydrogen-bond donors (Lipinski definition) is 2. The van der Waals surface area contributed by atoms with Crippen molar-refractivity contribution in [2.45, 2.75) is 117 Å². The first-order valence-corrected chi connectivity index (χ1v) is 20.5. The van der Waals surface area contributed by atoms with Crippen molar-refractivity contribution in [3.63, 3.8) is 0 Å². The molecule has 2 N–H and O–H groups in total. The van der Waals surface area contributed by atoms with Gasteiger partial charge in [0.05, 0.1) is 35.9 Å². The van der Waals surface area contributed by atoms with E-state index in [1.54, 1.807) is 9.80 Å². The minimum absolute atomic E-state index is 0.0452. The van der Waals surface area contributed by atoms with Crippen molar-refractivity contribution in [3.05, 3.63) is 119 Å². The topological polar surface area (TPSA) is 116 Å². The summed E-state index contributed by atoms with van der Waals surface area (Å²) in [6, 6.07) is 25.6. The number of hydrogen-bond acceptors (Lipinski definition) is 6. The summed E-state index contributed by atoms with van der Waals surface area (Å²) in [4.78, 5) is 45.9. The summed E-state index contributed by atoms with van der Waals surface area (Å²) in [5.74, 6) is 1.55. The van der Waals surface area contributed by atoms with Crippen LogP contribution in [0.5, 0.6) is 0 Å². The summed E-state index contributed by atoms with van der Waals surface area (Å²) in [6.45, 7) is 19.3. The number of ether oxygens (including phenoxy) is 2. The van der Waals surface area contributed by atoms with Crippen molar-refractivity contribution in [2.24, 2.45) is 0 Å². The number of rotatable bonds is 7. The largest absolute Gasteiger partial charge is 0.444 e. The number of imidazole rings is 2. The van der Waals surface area contributed by atoms with Crippen LogP contribution < -0.4 is 0 Å². The zero-order valence-corrected chi connectivity index (χ0v) is 35.5. The predicted molar refractivity (Wildman–Crippen MR) is 230 cm³/mol. The maximum Gasteiger partial charge on any atom is 0.410 e. The van der Waals surface area contributed by atoms with Crippen LogP contribution in [0.15, 0.2) is 85.2 Å². The molecule has 0 radical (unpaired) electrons. The molecule has 58 heavy (non-hydrogen) atoms. The third-order valence-electron chi connectivity index (χ3n) is 10.7. The minimum atomic E-state index is -0.555. The number of carbonyl (C=O) groups excluding carboxylic acids is 2. The number of aromatic amines is 2. The number of amides is 2. The van der Waals surface area contributed by atoms with E-state index in [2.05, 4.69) is 110 Å². The second-order valence-electron chi connectivity index (χ2n) is 18.6. The van der Waals surface area contributed by atoms with Crippen LogP contribution in [-0.2, 0) is 14.9 Å². The van der Waals surface area contributed by atoms with E-state index in [9.17, 15) is 9.59 Å². The normalized spacial score (nSPS) is 17.8. The van der Waals surface area contributed by atoms with Gasteiger partial charge in [0.1, 0.15) is 22.9 Å². The highest BCUT2D eigenvalue weighted by Gasteiger charge is 2.36. The molecule has 5 aromatic rings. The Morgan fingerprint density at radius 3 is 1.45 bits per heavy atom. The molecule has 4 heterocycles. The first-order valence-electron chi connectivity index (χ1n) is 20.5. The van der Waals surface area contributed by atoms with E-state index in [0.29, 0.717) is 13.1 Å². The third-order valence-corrected chi connectivity index (χ3v) is 10.7. The Bertz CT molecular complexity index is 2250. The smallest absolute Gasteiger partial charge is 0.410 e. The number of benzene rings is 3. The van der Waals surface area contributed by atoms with E-state index in [0.717, 1.165) is 82.1 Å². The Balaban J connectivity index is 1.13. The van der Waals surface area contributed by atoms with E-state index < -0.39 is 11.2 Å². The van der Waals surface area contributed by atoms with Gasteiger partial charge in [-0.05, 0) is 118 Å². The van der Waals surface area contributed by atoms with Crippen molar-refractivity contribution in [2.75, 3.05) is 13.1 Å². The quantitative estimate of drug-likeness (QED) is 0.159. The molecule has 0 aliphatic carbocycles. The standard InChI is InChI=1S/C48H58N6O4/c1-46(2,3)36-24-22-33(23-25-36)37(32-18-20-35(21-19-32)39-30-50-43(52-39)41-13-11-27-54(41)45(56)58-48(7,8)9)28-31-14-16-34(17-15-31)38-29-49-42(51-38)40-12-10-26-53(40)44(55)57-47(4,5)6/h14-25,28-30,40-41H,10-13,26-27H2,1-9H3,(H,49,51)(H,50,52)/b37-28-/t40-,41-/m0/s1. The summed E-state index contributed by atoms with van der Waals surface area (Å²) in [7, 11) is 0. The van der Waals surface area contributed by atoms with Gasteiger partial charge in [0.25, 0.3) is 0 Å². The van der Waals surface area contributed by atoms with E-state index >= 15 is 0 Å². The molecule has 2 fully saturated rings. The number of aromatic nitrogens is 4. The maximum absolute atomic E-state index is 13.0. The molecule has 10 nitrogen and oxygen atoms in total. The highest BCUT2D eigenvalue weighted by molar-refractivity contribution is 5.92. The highest BCUT2D eigenvalue weighted by Crippen LogP contribution is 2.36. The van der Waals surface area contributed by atoms with Crippen molar-refractivity contribution in [3.8, 4) is 22.5 Å². The Hall–Kier alpha value is -5.64. The highest BCUT2D eigenvalue weighted by atomic mass is 16.6. The van der Waals surface area contributed by atoms with Crippen molar-refractivity contribution in [1.29, 1.82) is 0 Å². The van der Waals surface area contributed by atoms with Crippen LogP contribution in [0.3, 0.4) is 0 Å². The molecular weight excluding hydrogens is 725 g/mol. The number of H-pyrrole nitrogens is 2. The van der Waals surface area contributed by atoms with E-state index in [1.807, 2.05) is 53.9 Å². The van der Waals surface area contributed by atoms with Gasteiger partial charge in [-0.1, -0.05) is 93.6 Å². The van der Waals surface area contributed by atoms with Gasteiger partial charge in [-0.25, -0.2) is 19.6 Å². The monoisotopic (exact) mass is 782 g/mol. The fourth-order valence-corrected chi connectivity index (χ4v) is 7.72. The molecular formula is C48H58N6O4. The minimum Gasteiger partial charge on any atom is -0.444 e. The molecule has 2 aliphatic rings. The van der Waals surface area contributed by atoms with Crippen molar-refractivity contribution >= 4 is 23.8 Å². The van der Waals surface area contributed by atoms with Gasteiger partial charge in [0, 0.05) is 13.1 Å². The van der Waals surface area contributed by atoms with Crippen LogP contribution >= 0.6 is 0 Å². The van der Waals surface area contributed by atoms with E-state index in [4.69, 9.17) is 19.4 Å². The van der Waals surface area contributed by atoms with Gasteiger partial charge in [-0.2, -0.15) is 0 Å². The average Bonchev–Trinajstić information content (AvgIpc) is 3.99. The maximum atomic E-state index is 13.0. The zero-order valence-electron chi connectivity index (χ0n) is 35.5. The Morgan fingerprint density at radius 1 is 0.621 bits per heavy atom. The summed E-state index contributed by atoms with van der Waals surface area (Å²) >= 11 is 0. The lowest BCUT2D eigenvalue weighted by Gasteiger charge is -2.27. The summed E-state index contributed by atoms with van der Waals surface area (Å²) in [6.07, 6.45) is 8.84. The molecule has 2 aromatic heterocycles. The van der Waals surface area contributed by atoms with Gasteiger partial charge >= 0.3 is 12.2 Å². The molecule has 2 aliphatic heterocycles. The summed E-state index contributed by atoms with van der Waals surface area (Å²) in [5, 5.41) is 0. The average molecular weight is 783 g/mol. The second-order valence-corrected chi connectivity index (χ2v) is 18.6. The number of carbonyl (C=O) groups is 2. The number of nitrogens with one attached hydrogen (secondary N) is 2. The molecule has 0 spiro atoms. The molecule has 3 aromatic carbocycles. The van der Waals surface area contributed by atoms with E-state index in [-0.39, 0.29) is 29.7 Å². The molecule has 0 saturated carbocycles. The molecule has 2 atom stereocenters. The molecule has 2 amide bonds. The fourth-order valence-electron chi connectivity index (χ4n) is 7.72. The van der Waals surface area contributed by atoms with Crippen molar-refractivity contribution < 1.29 is 19.1 Å². The Labute approximate surface area is 343 Å². The van der Waals surface area contributed by atoms with Crippen LogP contribution in [0, 0.1) is 0 Å². The van der Waals surface area contributed by atoms with Crippen LogP contribution in [0.25, 0.3) is 34.2 Å². The lowest BCUT2D eigenvalue weighted by atomic mass is 9.85. The van der Waals surface area contributed by atoms with Crippen molar-refractivity contribution in [1.82, 2.24) is 29.7 Å². The zero-order chi connectivity index (χ0) is 41.4. The van der Waals surface area contributed by atoms with Gasteiger partial charge in [-0.15, -0.1) is 0 Å². The van der Waals surface area contributed by atoms with Crippen LogP contribution in [-0.4, -0.2) is 66.2 Å². The van der Waals surface area contributed by atoms with Gasteiger partial charge in [0.2, 0.25) is 0 Å². The number of nitrogens with zero attached hydrogens (tertiary/aromatic N) is 4. The van der Waals surface area contributed by atoms with Gasteiger partial charge < -0.3 is 19.4 Å². The lowest BCUT2D eigenvalue weighted by molar-refractivity contribution is 0.0208. The molecule has 304 valence electrons. The molecule has 10 heteroatoms. The van der Waals surface area contributed by atoms with E-state index in [1.165, 1.54) is 5.56 Å². The lowest BCUT2D eigenvalue weighted by Crippen LogP contribution is -2.36. The predicted octanol–water partition coefficient (Wildman–Crippen LogP) is 11.5. The second kappa shape index (κ2) is 16.0. The Morgan fingerprint density at radius 2 is 1.03 bits per heavy atom. The van der Waals surface area contributed by atoms with Crippen LogP contribution in [0.4, 0.5) is 9.59 Å². The van der Waals surface area contributed by atoms with Gasteiger partial charge in [-0.3, -0.25) is 9.80 Å². The van der Waals surface area contributed by atoms with Crippen LogP contribution in [0.1, 0.15) is 134 Å². The number of likely N-dealkylation sites (tertiary alicyclic amines) is 2. The first kappa shape index (κ1) is 40.6. The Kier molecular flexibility index (Phi) is 11.2. The SMILES string of the molecule is CC(C)(C)OC(=O)N1CCC[C@H]1c1ncc(-c2ccc(/C=C(/c3ccc(-c4cnc([C@@H]5CCCN5C(=O)OC(C)(C)C)[nH]4)cc3)c3ccc(C(C)(C)C)cc3)cc2)[nH]1. The molecule has 0 bridgehead atoms. The van der Waals surface area contributed by atoms with Gasteiger partial charge in [0.15, 0.2) is 0 Å². The fraction of sp³-hybridized carbons (Fsp3) is 0.417. The van der Waals surface area contributed by atoms with Crippen LogP contribution in [0.2, 0.25) is 0 Å². The molecule has 0 unspecified atom stereocenters. The first-order chi connectivity index (χ1) is 27.4. The summed E-state index contributed by atoms with van der Waals surface area (Å²) < 4.78 is 11.4. The summed E-state index contributed by atoms with van der Waals surface area (Å²) in [5.41, 5.74) is 8.45. The molecule has 2 saturated heterocycles. The third kappa shape index (κ3) is 9.38. The molecule has 7 rings (SSSR count).